The molecule has 1 heterocycles. The van der Waals surface area contributed by atoms with Crippen molar-refractivity contribution >= 4 is 29.0 Å². The molecule has 0 aromatic heterocycles. The Hall–Kier alpha value is -3.55. The predicted octanol–water partition coefficient (Wildman–Crippen LogP) is 2.84. The van der Waals surface area contributed by atoms with E-state index < -0.39 is 28.6 Å². The highest BCUT2D eigenvalue weighted by Crippen LogP contribution is 2.28. The van der Waals surface area contributed by atoms with E-state index in [2.05, 4.69) is 0 Å². The molecule has 0 spiro atoms. The number of benzene rings is 2. The number of amides is 2. The number of carbonyl (C=O) groups is 3. The van der Waals surface area contributed by atoms with Crippen molar-refractivity contribution in [3.8, 4) is 0 Å². The summed E-state index contributed by atoms with van der Waals surface area (Å²) in [5.74, 6) is -1.69. The Bertz CT molecular complexity index is 956. The minimum absolute atomic E-state index is 0.0214. The van der Waals surface area contributed by atoms with E-state index in [1.54, 1.807) is 36.4 Å². The van der Waals surface area contributed by atoms with Gasteiger partial charge in [0.25, 0.3) is 5.91 Å². The van der Waals surface area contributed by atoms with Gasteiger partial charge in [-0.15, -0.1) is 0 Å². The Morgan fingerprint density at radius 1 is 1.00 bits per heavy atom. The number of anilines is 2. The normalized spacial score (nSPS) is 18.4. The molecule has 1 aliphatic rings. The van der Waals surface area contributed by atoms with Crippen molar-refractivity contribution < 1.29 is 19.3 Å². The van der Waals surface area contributed by atoms with Crippen LogP contribution in [0.4, 0.5) is 11.4 Å². The maximum absolute atomic E-state index is 13.3. The number of nitrogen functional groups attached to an aromatic ring is 1. The van der Waals surface area contributed by atoms with Crippen LogP contribution in [0.3, 0.4) is 0 Å². The van der Waals surface area contributed by atoms with Crippen molar-refractivity contribution in [1.29, 1.82) is 0 Å². The Morgan fingerprint density at radius 3 is 2.32 bits per heavy atom. The van der Waals surface area contributed by atoms with Gasteiger partial charge in [0.15, 0.2) is 5.78 Å². The highest BCUT2D eigenvalue weighted by atomic mass is 16.6. The number of hydrogen-bond donors (Lipinski definition) is 1. The molecule has 2 amide bonds. The number of fused-ring (bicyclic) bond motifs is 1. The quantitative estimate of drug-likeness (QED) is 0.369. The number of hydrogen-bond acceptors (Lipinski definition) is 6. The topological polar surface area (TPSA) is 124 Å². The number of nitrogens with two attached hydrogens (primary N) is 1. The van der Waals surface area contributed by atoms with Gasteiger partial charge in [-0.3, -0.25) is 24.5 Å². The van der Waals surface area contributed by atoms with Crippen molar-refractivity contribution in [2.24, 2.45) is 0 Å². The fourth-order valence-corrected chi connectivity index (χ4v) is 3.29. The average Bonchev–Trinajstić information content (AvgIpc) is 2.69. The lowest BCUT2D eigenvalue weighted by Crippen LogP contribution is -2.38. The van der Waals surface area contributed by atoms with E-state index in [-0.39, 0.29) is 48.2 Å². The van der Waals surface area contributed by atoms with Crippen LogP contribution in [0.25, 0.3) is 0 Å². The van der Waals surface area contributed by atoms with E-state index in [9.17, 15) is 24.5 Å². The first-order chi connectivity index (χ1) is 13.4. The third-order valence-electron chi connectivity index (χ3n) is 4.74. The van der Waals surface area contributed by atoms with Crippen molar-refractivity contribution in [2.45, 2.75) is 31.7 Å². The number of nitrogens with zero attached hydrogens (tertiary/aromatic N) is 2. The molecule has 8 heteroatoms. The van der Waals surface area contributed by atoms with Crippen LogP contribution in [0.15, 0.2) is 48.5 Å². The highest BCUT2D eigenvalue weighted by molar-refractivity contribution is 6.24. The second-order valence-electron chi connectivity index (χ2n) is 6.60. The lowest BCUT2D eigenvalue weighted by atomic mass is 9.96. The lowest BCUT2D eigenvalue weighted by Gasteiger charge is -2.23. The summed E-state index contributed by atoms with van der Waals surface area (Å²) >= 11 is 0. The standard InChI is InChI=1S/C20H19N3O5/c21-16-9-3-4-10-17(16)22-19(25)11-5-6-13(23(27)28)12-18(24)14-7-1-2-8-15(14)20(22)26/h1-4,7-10,13H,5-6,11-12,21H2. The molecule has 2 aromatic carbocycles. The summed E-state index contributed by atoms with van der Waals surface area (Å²) in [5.41, 5.74) is 6.53. The third kappa shape index (κ3) is 3.75. The molecule has 1 atom stereocenters. The van der Waals surface area contributed by atoms with Gasteiger partial charge >= 0.3 is 0 Å². The number of para-hydroxylation sites is 2. The van der Waals surface area contributed by atoms with Crippen molar-refractivity contribution in [1.82, 2.24) is 0 Å². The molecular weight excluding hydrogens is 362 g/mol. The van der Waals surface area contributed by atoms with E-state index >= 15 is 0 Å². The molecular formula is C20H19N3O5. The molecule has 28 heavy (non-hydrogen) atoms. The summed E-state index contributed by atoms with van der Waals surface area (Å²) in [7, 11) is 0. The van der Waals surface area contributed by atoms with Crippen LogP contribution in [0.1, 0.15) is 46.4 Å². The summed E-state index contributed by atoms with van der Waals surface area (Å²) < 4.78 is 0. The van der Waals surface area contributed by atoms with Crippen LogP contribution in [0.5, 0.6) is 0 Å². The van der Waals surface area contributed by atoms with E-state index in [1.165, 1.54) is 12.1 Å². The number of rotatable bonds is 2. The van der Waals surface area contributed by atoms with Crippen LogP contribution in [0.2, 0.25) is 0 Å². The number of nitro groups is 1. The zero-order valence-corrected chi connectivity index (χ0v) is 15.0. The van der Waals surface area contributed by atoms with Gasteiger partial charge in [0.2, 0.25) is 11.9 Å². The minimum atomic E-state index is -1.10. The number of ketones is 1. The summed E-state index contributed by atoms with van der Waals surface area (Å²) in [6.45, 7) is 0. The minimum Gasteiger partial charge on any atom is -0.397 e. The fourth-order valence-electron chi connectivity index (χ4n) is 3.29. The van der Waals surface area contributed by atoms with Crippen LogP contribution < -0.4 is 10.6 Å². The largest absolute Gasteiger partial charge is 0.397 e. The predicted molar refractivity (Wildman–Crippen MR) is 103 cm³/mol. The maximum Gasteiger partial charge on any atom is 0.265 e. The molecule has 2 N–H and O–H groups in total. The molecule has 0 saturated heterocycles. The Balaban J connectivity index is 2.13. The zero-order valence-electron chi connectivity index (χ0n) is 15.0. The molecule has 0 saturated carbocycles. The molecule has 0 fully saturated rings. The molecule has 8 nitrogen and oxygen atoms in total. The summed E-state index contributed by atoms with van der Waals surface area (Å²) in [4.78, 5) is 50.6. The van der Waals surface area contributed by atoms with Gasteiger partial charge in [0.1, 0.15) is 0 Å². The maximum atomic E-state index is 13.3. The molecule has 144 valence electrons. The van der Waals surface area contributed by atoms with Gasteiger partial charge in [0, 0.05) is 23.3 Å². The molecule has 0 bridgehead atoms. The third-order valence-corrected chi connectivity index (χ3v) is 4.74. The molecule has 1 unspecified atom stereocenters. The van der Waals surface area contributed by atoms with Gasteiger partial charge in [-0.1, -0.05) is 30.3 Å². The van der Waals surface area contributed by atoms with Gasteiger partial charge in [-0.2, -0.15) is 0 Å². The van der Waals surface area contributed by atoms with Gasteiger partial charge in [0.05, 0.1) is 23.4 Å². The zero-order chi connectivity index (χ0) is 20.3. The number of Topliss-reactive ketones (excluding diaryl/α,β-unsaturated/α-hetero) is 1. The van der Waals surface area contributed by atoms with Crippen LogP contribution in [-0.4, -0.2) is 28.6 Å². The smallest absolute Gasteiger partial charge is 0.265 e. The fraction of sp³-hybridized carbons (Fsp3) is 0.250. The highest BCUT2D eigenvalue weighted by Gasteiger charge is 2.33. The second-order valence-corrected chi connectivity index (χ2v) is 6.60. The second kappa shape index (κ2) is 7.99. The van der Waals surface area contributed by atoms with Gasteiger partial charge in [-0.05, 0) is 24.6 Å². The summed E-state index contributed by atoms with van der Waals surface area (Å²) in [5, 5.41) is 11.3. The van der Waals surface area contributed by atoms with Crippen LogP contribution in [0, 0.1) is 10.1 Å². The number of carbonyl (C=O) groups excluding carboxylic acids is 3. The van der Waals surface area contributed by atoms with E-state index in [1.807, 2.05) is 0 Å². The first-order valence-electron chi connectivity index (χ1n) is 8.87. The molecule has 1 aliphatic heterocycles. The Labute approximate surface area is 161 Å². The summed E-state index contributed by atoms with van der Waals surface area (Å²) in [6.07, 6.45) is -0.136. The van der Waals surface area contributed by atoms with E-state index in [0.29, 0.717) is 0 Å². The average molecular weight is 381 g/mol. The van der Waals surface area contributed by atoms with Crippen molar-refractivity contribution in [2.75, 3.05) is 10.6 Å². The summed E-state index contributed by atoms with van der Waals surface area (Å²) in [6, 6.07) is 11.4. The first-order valence-corrected chi connectivity index (χ1v) is 8.87. The van der Waals surface area contributed by atoms with Crippen molar-refractivity contribution in [3.05, 3.63) is 69.8 Å². The lowest BCUT2D eigenvalue weighted by molar-refractivity contribution is -0.522. The van der Waals surface area contributed by atoms with Gasteiger partial charge < -0.3 is 5.73 Å². The van der Waals surface area contributed by atoms with Crippen molar-refractivity contribution in [3.63, 3.8) is 0 Å². The number of imide groups is 1. The molecule has 2 aromatic rings. The van der Waals surface area contributed by atoms with E-state index in [0.717, 1.165) is 4.90 Å². The first kappa shape index (κ1) is 19.2. The van der Waals surface area contributed by atoms with Crippen LogP contribution >= 0.6 is 0 Å². The van der Waals surface area contributed by atoms with E-state index in [4.69, 9.17) is 5.73 Å². The van der Waals surface area contributed by atoms with Gasteiger partial charge in [-0.25, -0.2) is 4.90 Å². The molecule has 0 radical (unpaired) electrons. The molecule has 0 aliphatic carbocycles. The van der Waals surface area contributed by atoms with Crippen LogP contribution in [-0.2, 0) is 4.79 Å². The monoisotopic (exact) mass is 381 g/mol. The Kier molecular flexibility index (Phi) is 5.49. The molecule has 3 rings (SSSR count). The Morgan fingerprint density at radius 2 is 1.64 bits per heavy atom. The SMILES string of the molecule is Nc1ccccc1N1C(=O)CCCC([N+](=O)[O-])CC(=O)c2ccccc2C1=O.